The average Bonchev–Trinajstić information content (AvgIpc) is 2.69. The van der Waals surface area contributed by atoms with Crippen molar-refractivity contribution in [3.8, 4) is 0 Å². The van der Waals surface area contributed by atoms with Gasteiger partial charge in [0, 0.05) is 0 Å². The van der Waals surface area contributed by atoms with Gasteiger partial charge in [0.1, 0.15) is 0 Å². The Morgan fingerprint density at radius 2 is 0.577 bits per heavy atom. The van der Waals surface area contributed by atoms with Crippen molar-refractivity contribution >= 4 is 34.0 Å². The highest BCUT2D eigenvalue weighted by atomic mass is 28.5. The lowest BCUT2D eigenvalue weighted by atomic mass is 10.9. The molecule has 0 rings (SSSR count). The molecule has 0 amide bonds. The van der Waals surface area contributed by atoms with E-state index in [1.165, 1.54) is 0 Å². The molecule has 1 N–H and O–H groups in total. The molecule has 0 fully saturated rings. The zero-order valence-electron chi connectivity index (χ0n) is 19.0. The molecule has 26 heavy (non-hydrogen) atoms. The van der Waals surface area contributed by atoms with Gasteiger partial charge in [-0.2, -0.15) is 0 Å². The van der Waals surface area contributed by atoms with Crippen LogP contribution >= 0.6 is 0 Å². The largest absolute Gasteiger partial charge is 0.644 e. The van der Waals surface area contributed by atoms with Crippen LogP contribution < -0.4 is 0 Å². The Morgan fingerprint density at radius 3 is 0.692 bits per heavy atom. The summed E-state index contributed by atoms with van der Waals surface area (Å²) in [5, 5.41) is 0. The molecule has 0 saturated heterocycles. The fraction of sp³-hybridized carbons (Fsp3) is 1.00. The Balaban J connectivity index is 5.99. The smallest absolute Gasteiger partial charge is 0.395 e. The number of hydrogen-bond donors (Lipinski definition) is 1. The molecule has 8 heteroatoms. The minimum absolute atomic E-state index is 1.000. The van der Waals surface area contributed by atoms with E-state index in [1.54, 1.807) is 0 Å². The van der Waals surface area contributed by atoms with Crippen molar-refractivity contribution in [1.82, 2.24) is 0 Å². The van der Waals surface area contributed by atoms with Crippen LogP contribution in [0.4, 0.5) is 0 Å². The second-order valence-corrected chi connectivity index (χ2v) is 24.5. The Hall–Kier alpha value is 0.708. The molecular weight excluding hydrogens is 393 g/mol. The van der Waals surface area contributed by atoms with Gasteiger partial charge >= 0.3 is 9.05 Å². The van der Waals surface area contributed by atoms with Crippen molar-refractivity contribution in [2.75, 3.05) is 0 Å². The average molecular weight is 439 g/mol. The predicted molar refractivity (Wildman–Crippen MR) is 123 cm³/mol. The van der Waals surface area contributed by atoms with Crippen molar-refractivity contribution in [3.63, 3.8) is 0 Å². The van der Waals surface area contributed by atoms with Crippen LogP contribution in [0.1, 0.15) is 62.3 Å². The first kappa shape index (κ1) is 26.7. The first-order valence-corrected chi connectivity index (χ1v) is 20.3. The van der Waals surface area contributed by atoms with Gasteiger partial charge in [0.05, 0.1) is 0 Å². The third-order valence-electron chi connectivity index (χ3n) is 6.84. The Labute approximate surface area is 167 Å². The van der Waals surface area contributed by atoms with Gasteiger partial charge in [-0.3, -0.25) is 0 Å². The molecule has 0 radical (unpaired) electrons. The summed E-state index contributed by atoms with van der Waals surface area (Å²) < 4.78 is 20.0. The maximum atomic E-state index is 11.8. The van der Waals surface area contributed by atoms with E-state index in [1.807, 2.05) is 0 Å². The summed E-state index contributed by atoms with van der Waals surface area (Å²) in [6.07, 6.45) is 0. The molecule has 0 aliphatic rings. The normalized spacial score (nSPS) is 14.1. The maximum absolute atomic E-state index is 11.8. The van der Waals surface area contributed by atoms with Crippen LogP contribution in [0.2, 0.25) is 54.4 Å². The highest BCUT2D eigenvalue weighted by Gasteiger charge is 2.56. The van der Waals surface area contributed by atoms with Crippen LogP contribution in [0.25, 0.3) is 0 Å². The molecule has 4 nitrogen and oxygen atoms in total. The summed E-state index contributed by atoms with van der Waals surface area (Å²) in [5.41, 5.74) is 0. The molecule has 0 saturated carbocycles. The topological polar surface area (TPSA) is 47.9 Å². The van der Waals surface area contributed by atoms with Crippen LogP contribution in [0.3, 0.4) is 0 Å². The first-order valence-electron chi connectivity index (χ1n) is 11.0. The van der Waals surface area contributed by atoms with Crippen molar-refractivity contribution < 1.29 is 17.1 Å². The van der Waals surface area contributed by atoms with Crippen molar-refractivity contribution in [2.24, 2.45) is 0 Å². The number of rotatable bonds is 15. The van der Waals surface area contributed by atoms with Crippen LogP contribution in [-0.4, -0.2) is 38.8 Å². The molecule has 0 aromatic heterocycles. The quantitative estimate of drug-likeness (QED) is 0.297. The molecule has 0 aliphatic carbocycles. The Kier molecular flexibility index (Phi) is 12.0. The van der Waals surface area contributed by atoms with Crippen LogP contribution in [-0.2, 0) is 12.3 Å². The second-order valence-electron chi connectivity index (χ2n) is 7.56. The summed E-state index contributed by atoms with van der Waals surface area (Å²) >= 11 is 0. The van der Waals surface area contributed by atoms with Crippen molar-refractivity contribution in [1.29, 1.82) is 0 Å². The standard InChI is InChI=1S/C18H46O4Si4/c1-10-23(11-2,12-3)20-26(19,21-24(13-4,14-5)15-6)22-25(16-7,17-8)18-9/h19H,10-18H2,1-9H3. The SMILES string of the molecule is CC[Si](CC)(CC)O[Si](O)(O[Si](CC)(CC)CC)O[Si](CC)(CC)CC. The summed E-state index contributed by atoms with van der Waals surface area (Å²) in [5.74, 6) is 0. The number of hydrogen-bond acceptors (Lipinski definition) is 4. The zero-order valence-corrected chi connectivity index (χ0v) is 23.0. The highest BCUT2D eigenvalue weighted by Crippen LogP contribution is 2.35. The molecule has 0 atom stereocenters. The summed E-state index contributed by atoms with van der Waals surface area (Å²) in [6, 6.07) is 9.00. The molecular formula is C18H46O4Si4. The first-order chi connectivity index (χ1) is 12.2. The van der Waals surface area contributed by atoms with Crippen LogP contribution in [0, 0.1) is 0 Å². The van der Waals surface area contributed by atoms with Gasteiger partial charge in [-0.05, 0) is 54.4 Å². The Bertz CT molecular complexity index is 304. The minimum atomic E-state index is -3.66. The fourth-order valence-electron chi connectivity index (χ4n) is 3.78. The molecule has 0 aliphatic heterocycles. The summed E-state index contributed by atoms with van der Waals surface area (Å²) in [6.45, 7) is 19.8. The third-order valence-corrected chi connectivity index (χ3v) is 26.7. The highest BCUT2D eigenvalue weighted by molar-refractivity contribution is 6.89. The van der Waals surface area contributed by atoms with Gasteiger partial charge in [0.2, 0.25) is 0 Å². The van der Waals surface area contributed by atoms with E-state index < -0.39 is 34.0 Å². The van der Waals surface area contributed by atoms with E-state index in [0.717, 1.165) is 54.4 Å². The second kappa shape index (κ2) is 11.6. The Morgan fingerprint density at radius 1 is 0.423 bits per heavy atom. The van der Waals surface area contributed by atoms with E-state index in [-0.39, 0.29) is 0 Å². The molecule has 0 bridgehead atoms. The van der Waals surface area contributed by atoms with Crippen LogP contribution in [0.5, 0.6) is 0 Å². The van der Waals surface area contributed by atoms with Crippen LogP contribution in [0.15, 0.2) is 0 Å². The molecule has 0 unspecified atom stereocenters. The molecule has 0 heterocycles. The lowest BCUT2D eigenvalue weighted by molar-refractivity contribution is 0.133. The van der Waals surface area contributed by atoms with Gasteiger partial charge in [-0.15, -0.1) is 0 Å². The molecule has 0 aromatic rings. The van der Waals surface area contributed by atoms with E-state index in [4.69, 9.17) is 12.3 Å². The van der Waals surface area contributed by atoms with Gasteiger partial charge in [0.25, 0.3) is 0 Å². The zero-order chi connectivity index (χ0) is 20.5. The van der Waals surface area contributed by atoms with Gasteiger partial charge in [-0.25, -0.2) is 0 Å². The van der Waals surface area contributed by atoms with E-state index in [9.17, 15) is 4.80 Å². The van der Waals surface area contributed by atoms with Gasteiger partial charge in [-0.1, -0.05) is 62.3 Å². The summed E-state index contributed by atoms with van der Waals surface area (Å²) in [7, 11) is -9.73. The molecule has 158 valence electrons. The van der Waals surface area contributed by atoms with E-state index in [2.05, 4.69) is 62.3 Å². The molecule has 0 aromatic carbocycles. The van der Waals surface area contributed by atoms with Crippen molar-refractivity contribution in [3.05, 3.63) is 0 Å². The maximum Gasteiger partial charge on any atom is 0.644 e. The van der Waals surface area contributed by atoms with E-state index in [0.29, 0.717) is 0 Å². The predicted octanol–water partition coefficient (Wildman–Crippen LogP) is 6.48. The lowest BCUT2D eigenvalue weighted by Crippen LogP contribution is -2.64. The third kappa shape index (κ3) is 6.65. The van der Waals surface area contributed by atoms with Gasteiger partial charge in [0.15, 0.2) is 25.0 Å². The molecule has 0 spiro atoms. The minimum Gasteiger partial charge on any atom is -0.395 e. The van der Waals surface area contributed by atoms with Crippen molar-refractivity contribution in [2.45, 2.75) is 117 Å². The van der Waals surface area contributed by atoms with E-state index >= 15 is 0 Å². The summed E-state index contributed by atoms with van der Waals surface area (Å²) in [4.78, 5) is 11.8. The monoisotopic (exact) mass is 438 g/mol. The van der Waals surface area contributed by atoms with Gasteiger partial charge < -0.3 is 17.1 Å². The lowest BCUT2D eigenvalue weighted by Gasteiger charge is -2.44. The fourth-order valence-corrected chi connectivity index (χ4v) is 21.7.